The van der Waals surface area contributed by atoms with E-state index in [4.69, 9.17) is 0 Å². The zero-order valence-corrected chi connectivity index (χ0v) is 10.8. The van der Waals surface area contributed by atoms with E-state index in [0.29, 0.717) is 0 Å². The maximum atomic E-state index is 2.73. The third-order valence-electron chi connectivity index (χ3n) is 3.80. The summed E-state index contributed by atoms with van der Waals surface area (Å²) in [6, 6.07) is 0.922. The molecular formula is C14H29N. The molecule has 0 aliphatic heterocycles. The van der Waals surface area contributed by atoms with Crippen LogP contribution < -0.4 is 0 Å². The Morgan fingerprint density at radius 1 is 0.933 bits per heavy atom. The van der Waals surface area contributed by atoms with Gasteiger partial charge in [0, 0.05) is 6.04 Å². The Balaban J connectivity index is 2.15. The van der Waals surface area contributed by atoms with Crippen LogP contribution in [0.5, 0.6) is 0 Å². The van der Waals surface area contributed by atoms with Crippen molar-refractivity contribution < 1.29 is 0 Å². The average Bonchev–Trinajstić information content (AvgIpc) is 2.30. The Labute approximate surface area is 96.2 Å². The summed E-state index contributed by atoms with van der Waals surface area (Å²) in [4.78, 5) is 2.73. The Kier molecular flexibility index (Phi) is 7.08. The average molecular weight is 211 g/mol. The van der Waals surface area contributed by atoms with Gasteiger partial charge < -0.3 is 4.90 Å². The normalized spacial score (nSPS) is 18.6. The van der Waals surface area contributed by atoms with E-state index >= 15 is 0 Å². The molecule has 0 spiro atoms. The largest absolute Gasteiger partial charge is 0.301 e. The first-order valence-electron chi connectivity index (χ1n) is 7.12. The highest BCUT2D eigenvalue weighted by atomic mass is 15.1. The van der Waals surface area contributed by atoms with Gasteiger partial charge in [-0.2, -0.15) is 0 Å². The van der Waals surface area contributed by atoms with E-state index in [-0.39, 0.29) is 0 Å². The fourth-order valence-electron chi connectivity index (χ4n) is 2.79. The first-order valence-corrected chi connectivity index (χ1v) is 7.12. The van der Waals surface area contributed by atoms with Gasteiger partial charge in [-0.3, -0.25) is 0 Å². The van der Waals surface area contributed by atoms with Crippen molar-refractivity contribution in [1.82, 2.24) is 4.90 Å². The minimum Gasteiger partial charge on any atom is -0.301 e. The lowest BCUT2D eigenvalue weighted by atomic mass is 9.94. The Morgan fingerprint density at radius 3 is 2.27 bits per heavy atom. The van der Waals surface area contributed by atoms with Gasteiger partial charge in [-0.05, 0) is 32.4 Å². The molecule has 0 aromatic carbocycles. The van der Waals surface area contributed by atoms with E-state index in [1.807, 2.05) is 0 Å². The first kappa shape index (κ1) is 13.0. The first-order chi connectivity index (χ1) is 7.38. The fraction of sp³-hybridized carbons (Fsp3) is 1.00. The quantitative estimate of drug-likeness (QED) is 0.570. The SMILES string of the molecule is CCCCCCN(CC)C1CCCCC1. The molecule has 0 aromatic rings. The van der Waals surface area contributed by atoms with Crippen LogP contribution in [-0.2, 0) is 0 Å². The van der Waals surface area contributed by atoms with Crippen LogP contribution in [0.3, 0.4) is 0 Å². The molecule has 0 N–H and O–H groups in total. The monoisotopic (exact) mass is 211 g/mol. The molecule has 0 radical (unpaired) electrons. The van der Waals surface area contributed by atoms with Crippen LogP contribution in [0, 0.1) is 0 Å². The highest BCUT2D eigenvalue weighted by Gasteiger charge is 2.18. The van der Waals surface area contributed by atoms with Gasteiger partial charge in [-0.25, -0.2) is 0 Å². The van der Waals surface area contributed by atoms with Crippen molar-refractivity contribution in [3.8, 4) is 0 Å². The van der Waals surface area contributed by atoms with Crippen LogP contribution >= 0.6 is 0 Å². The molecule has 15 heavy (non-hydrogen) atoms. The second-order valence-corrected chi connectivity index (χ2v) is 4.98. The van der Waals surface area contributed by atoms with Gasteiger partial charge in [0.25, 0.3) is 0 Å². The predicted octanol–water partition coefficient (Wildman–Crippen LogP) is 4.22. The maximum Gasteiger partial charge on any atom is 0.00951 e. The highest BCUT2D eigenvalue weighted by Crippen LogP contribution is 2.22. The van der Waals surface area contributed by atoms with Crippen LogP contribution in [0.1, 0.15) is 71.6 Å². The summed E-state index contributed by atoms with van der Waals surface area (Å²) in [5.74, 6) is 0. The second-order valence-electron chi connectivity index (χ2n) is 4.98. The van der Waals surface area contributed by atoms with Crippen LogP contribution in [0.15, 0.2) is 0 Å². The summed E-state index contributed by atoms with van der Waals surface area (Å²) in [6.07, 6.45) is 13.0. The molecule has 0 atom stereocenters. The lowest BCUT2D eigenvalue weighted by molar-refractivity contribution is 0.160. The lowest BCUT2D eigenvalue weighted by Gasteiger charge is -2.33. The number of hydrogen-bond acceptors (Lipinski definition) is 1. The summed E-state index contributed by atoms with van der Waals surface area (Å²) in [7, 11) is 0. The van der Waals surface area contributed by atoms with E-state index in [2.05, 4.69) is 18.7 Å². The summed E-state index contributed by atoms with van der Waals surface area (Å²) in [5.41, 5.74) is 0. The van der Waals surface area contributed by atoms with Gasteiger partial charge >= 0.3 is 0 Å². The minimum atomic E-state index is 0.922. The molecule has 1 aliphatic rings. The molecule has 1 aliphatic carbocycles. The van der Waals surface area contributed by atoms with Crippen molar-refractivity contribution in [2.24, 2.45) is 0 Å². The van der Waals surface area contributed by atoms with Crippen molar-refractivity contribution in [2.45, 2.75) is 77.7 Å². The maximum absolute atomic E-state index is 2.73. The standard InChI is InChI=1S/C14H29N/c1-3-5-6-10-13-15(4-2)14-11-8-7-9-12-14/h14H,3-13H2,1-2H3. The molecule has 1 saturated carbocycles. The third kappa shape index (κ3) is 5.01. The molecule has 0 amide bonds. The molecule has 0 bridgehead atoms. The smallest absolute Gasteiger partial charge is 0.00951 e. The molecule has 90 valence electrons. The second kappa shape index (κ2) is 8.15. The van der Waals surface area contributed by atoms with Crippen LogP contribution in [0.4, 0.5) is 0 Å². The fourth-order valence-corrected chi connectivity index (χ4v) is 2.79. The van der Waals surface area contributed by atoms with Crippen molar-refractivity contribution in [2.75, 3.05) is 13.1 Å². The van der Waals surface area contributed by atoms with Gasteiger partial charge in [0.15, 0.2) is 0 Å². The van der Waals surface area contributed by atoms with Gasteiger partial charge in [0.1, 0.15) is 0 Å². The molecule has 1 heteroatoms. The van der Waals surface area contributed by atoms with E-state index in [9.17, 15) is 0 Å². The van der Waals surface area contributed by atoms with E-state index in [1.165, 1.54) is 70.9 Å². The topological polar surface area (TPSA) is 3.24 Å². The van der Waals surface area contributed by atoms with E-state index in [0.717, 1.165) is 6.04 Å². The van der Waals surface area contributed by atoms with Crippen LogP contribution in [0.25, 0.3) is 0 Å². The van der Waals surface area contributed by atoms with E-state index in [1.54, 1.807) is 0 Å². The van der Waals surface area contributed by atoms with Gasteiger partial charge in [0.05, 0.1) is 0 Å². The van der Waals surface area contributed by atoms with Crippen molar-refractivity contribution in [3.63, 3.8) is 0 Å². The number of hydrogen-bond donors (Lipinski definition) is 0. The zero-order valence-electron chi connectivity index (χ0n) is 10.8. The van der Waals surface area contributed by atoms with E-state index < -0.39 is 0 Å². The third-order valence-corrected chi connectivity index (χ3v) is 3.80. The van der Waals surface area contributed by atoms with Crippen molar-refractivity contribution in [3.05, 3.63) is 0 Å². The summed E-state index contributed by atoms with van der Waals surface area (Å²) in [6.45, 7) is 7.23. The lowest BCUT2D eigenvalue weighted by Crippen LogP contribution is -2.37. The Bertz CT molecular complexity index is 138. The summed E-state index contributed by atoms with van der Waals surface area (Å²) in [5, 5.41) is 0. The molecular weight excluding hydrogens is 182 g/mol. The number of nitrogens with zero attached hydrogens (tertiary/aromatic N) is 1. The predicted molar refractivity (Wildman–Crippen MR) is 68.3 cm³/mol. The molecule has 0 aromatic heterocycles. The van der Waals surface area contributed by atoms with Gasteiger partial charge in [-0.15, -0.1) is 0 Å². The highest BCUT2D eigenvalue weighted by molar-refractivity contribution is 4.74. The Morgan fingerprint density at radius 2 is 1.67 bits per heavy atom. The minimum absolute atomic E-state index is 0.922. The summed E-state index contributed by atoms with van der Waals surface area (Å²) >= 11 is 0. The molecule has 0 heterocycles. The van der Waals surface area contributed by atoms with Crippen LogP contribution in [0.2, 0.25) is 0 Å². The Hall–Kier alpha value is -0.0400. The number of unbranched alkanes of at least 4 members (excludes halogenated alkanes) is 3. The van der Waals surface area contributed by atoms with Crippen molar-refractivity contribution >= 4 is 0 Å². The molecule has 1 nitrogen and oxygen atoms in total. The van der Waals surface area contributed by atoms with Crippen LogP contribution in [-0.4, -0.2) is 24.0 Å². The van der Waals surface area contributed by atoms with Gasteiger partial charge in [0.2, 0.25) is 0 Å². The molecule has 1 rings (SSSR count). The molecule has 1 fully saturated rings. The number of rotatable bonds is 7. The molecule has 0 saturated heterocycles. The molecule has 0 unspecified atom stereocenters. The zero-order chi connectivity index (χ0) is 10.9. The van der Waals surface area contributed by atoms with Crippen molar-refractivity contribution in [1.29, 1.82) is 0 Å². The summed E-state index contributed by atoms with van der Waals surface area (Å²) < 4.78 is 0. The van der Waals surface area contributed by atoms with Gasteiger partial charge in [-0.1, -0.05) is 52.4 Å².